The first-order valence-corrected chi connectivity index (χ1v) is 7.22. The van der Waals surface area contributed by atoms with Crippen molar-refractivity contribution < 1.29 is 4.79 Å². The average molecular weight is 337 g/mol. The maximum atomic E-state index is 12.0. The second-order valence-corrected chi connectivity index (χ2v) is 5.22. The summed E-state index contributed by atoms with van der Waals surface area (Å²) >= 11 is 12.2. The number of aryl methyl sites for hydroxylation is 1. The van der Waals surface area contributed by atoms with Gasteiger partial charge in [0, 0.05) is 12.6 Å². The number of halogens is 2. The first kappa shape index (κ1) is 16.3. The van der Waals surface area contributed by atoms with E-state index in [0.717, 1.165) is 0 Å². The molecule has 1 aromatic heterocycles. The van der Waals surface area contributed by atoms with Crippen LogP contribution in [-0.2, 0) is 0 Å². The summed E-state index contributed by atoms with van der Waals surface area (Å²) in [5.74, 6) is 0.585. The minimum atomic E-state index is -0.307. The molecule has 0 saturated heterocycles. The van der Waals surface area contributed by atoms with E-state index in [1.54, 1.807) is 31.2 Å². The molecule has 114 valence electrons. The Labute approximate surface area is 138 Å². The smallest absolute Gasteiger partial charge is 0.270 e. The van der Waals surface area contributed by atoms with E-state index in [4.69, 9.17) is 23.2 Å². The van der Waals surface area contributed by atoms with Crippen molar-refractivity contribution in [1.29, 1.82) is 0 Å². The van der Waals surface area contributed by atoms with Crippen LogP contribution in [0, 0.1) is 6.92 Å². The van der Waals surface area contributed by atoms with E-state index >= 15 is 0 Å². The van der Waals surface area contributed by atoms with Crippen molar-refractivity contribution in [1.82, 2.24) is 15.3 Å². The summed E-state index contributed by atoms with van der Waals surface area (Å²) in [7, 11) is 0. The molecule has 5 nitrogen and oxygen atoms in total. The highest BCUT2D eigenvalue weighted by Gasteiger charge is 2.12. The topological polar surface area (TPSA) is 66.9 Å². The van der Waals surface area contributed by atoms with Crippen molar-refractivity contribution in [3.05, 3.63) is 58.5 Å². The molecule has 1 aromatic carbocycles. The van der Waals surface area contributed by atoms with E-state index in [-0.39, 0.29) is 11.6 Å². The molecular formula is C15H14Cl2N4O. The fourth-order valence-corrected chi connectivity index (χ4v) is 2.24. The number of rotatable bonds is 5. The van der Waals surface area contributed by atoms with Gasteiger partial charge >= 0.3 is 0 Å². The first-order chi connectivity index (χ1) is 10.5. The Morgan fingerprint density at radius 3 is 2.64 bits per heavy atom. The van der Waals surface area contributed by atoms with Gasteiger partial charge in [0.05, 0.1) is 15.7 Å². The Morgan fingerprint density at radius 2 is 2.00 bits per heavy atom. The number of anilines is 2. The third-order valence-electron chi connectivity index (χ3n) is 2.69. The quantitative estimate of drug-likeness (QED) is 0.816. The Bertz CT molecular complexity index is 698. The Kier molecular flexibility index (Phi) is 5.35. The summed E-state index contributed by atoms with van der Waals surface area (Å²) in [6, 6.07) is 6.70. The van der Waals surface area contributed by atoms with Crippen LogP contribution in [0.5, 0.6) is 0 Å². The first-order valence-electron chi connectivity index (χ1n) is 6.47. The summed E-state index contributed by atoms with van der Waals surface area (Å²) in [5.41, 5.74) is 0.779. The van der Waals surface area contributed by atoms with Crippen molar-refractivity contribution >= 4 is 40.6 Å². The van der Waals surface area contributed by atoms with Crippen molar-refractivity contribution in [2.24, 2.45) is 0 Å². The van der Waals surface area contributed by atoms with Gasteiger partial charge < -0.3 is 10.6 Å². The van der Waals surface area contributed by atoms with E-state index in [2.05, 4.69) is 27.2 Å². The molecule has 0 saturated carbocycles. The molecule has 0 unspecified atom stereocenters. The number of nitrogens with one attached hydrogen (secondary N) is 2. The second kappa shape index (κ2) is 7.24. The molecule has 1 heterocycles. The molecule has 7 heteroatoms. The number of carbonyl (C=O) groups excluding carboxylic acids is 1. The van der Waals surface area contributed by atoms with E-state index < -0.39 is 0 Å². The van der Waals surface area contributed by atoms with Gasteiger partial charge in [0.1, 0.15) is 17.3 Å². The normalized spacial score (nSPS) is 10.1. The van der Waals surface area contributed by atoms with Gasteiger partial charge in [-0.1, -0.05) is 35.3 Å². The van der Waals surface area contributed by atoms with Crippen molar-refractivity contribution in [3.8, 4) is 0 Å². The SMILES string of the molecule is C=CCNC(=O)c1cc(Nc2c(Cl)cccc2Cl)nc(C)n1. The number of benzene rings is 1. The minimum Gasteiger partial charge on any atom is -0.347 e. The summed E-state index contributed by atoms with van der Waals surface area (Å²) < 4.78 is 0. The summed E-state index contributed by atoms with van der Waals surface area (Å²) in [6.45, 7) is 5.61. The molecule has 22 heavy (non-hydrogen) atoms. The summed E-state index contributed by atoms with van der Waals surface area (Å²) in [4.78, 5) is 20.3. The lowest BCUT2D eigenvalue weighted by molar-refractivity contribution is 0.0952. The van der Waals surface area contributed by atoms with Crippen LogP contribution in [-0.4, -0.2) is 22.4 Å². The Balaban J connectivity index is 2.30. The third kappa shape index (κ3) is 3.96. The van der Waals surface area contributed by atoms with Gasteiger partial charge in [-0.2, -0.15) is 0 Å². The van der Waals surface area contributed by atoms with E-state index in [1.165, 1.54) is 6.07 Å². The molecule has 2 aromatic rings. The summed E-state index contributed by atoms with van der Waals surface area (Å²) in [6.07, 6.45) is 1.59. The lowest BCUT2D eigenvalue weighted by Gasteiger charge is -2.11. The molecule has 0 fully saturated rings. The minimum absolute atomic E-state index is 0.250. The van der Waals surface area contributed by atoms with E-state index in [0.29, 0.717) is 33.9 Å². The Hall–Kier alpha value is -2.11. The highest BCUT2D eigenvalue weighted by Crippen LogP contribution is 2.32. The van der Waals surface area contributed by atoms with Crippen LogP contribution in [0.4, 0.5) is 11.5 Å². The van der Waals surface area contributed by atoms with Gasteiger partial charge in [0.25, 0.3) is 5.91 Å². The molecule has 0 aliphatic carbocycles. The number of aromatic nitrogens is 2. The average Bonchev–Trinajstić information content (AvgIpc) is 2.48. The molecule has 2 N–H and O–H groups in total. The predicted octanol–water partition coefficient (Wildman–Crippen LogP) is 3.75. The molecule has 0 atom stereocenters. The number of carbonyl (C=O) groups is 1. The molecular weight excluding hydrogens is 323 g/mol. The fraction of sp³-hybridized carbons (Fsp3) is 0.133. The molecule has 1 amide bonds. The number of hydrogen-bond acceptors (Lipinski definition) is 4. The number of hydrogen-bond donors (Lipinski definition) is 2. The molecule has 2 rings (SSSR count). The van der Waals surface area contributed by atoms with E-state index in [9.17, 15) is 4.79 Å². The zero-order valence-corrected chi connectivity index (χ0v) is 13.4. The number of para-hydroxylation sites is 1. The molecule has 0 aliphatic rings. The van der Waals surface area contributed by atoms with Crippen LogP contribution in [0.3, 0.4) is 0 Å². The van der Waals surface area contributed by atoms with Gasteiger partial charge in [0.15, 0.2) is 0 Å². The largest absolute Gasteiger partial charge is 0.347 e. The van der Waals surface area contributed by atoms with Gasteiger partial charge in [-0.15, -0.1) is 6.58 Å². The molecule has 0 spiro atoms. The monoisotopic (exact) mass is 336 g/mol. The van der Waals surface area contributed by atoms with Crippen LogP contribution in [0.1, 0.15) is 16.3 Å². The highest BCUT2D eigenvalue weighted by atomic mass is 35.5. The predicted molar refractivity (Wildman–Crippen MR) is 89.0 cm³/mol. The fourth-order valence-electron chi connectivity index (χ4n) is 1.75. The maximum absolute atomic E-state index is 12.0. The standard InChI is InChI=1S/C15H14Cl2N4O/c1-3-7-18-15(22)12-8-13(20-9(2)19-12)21-14-10(16)5-4-6-11(14)17/h3-6,8H,1,7H2,2H3,(H,18,22)(H,19,20,21). The van der Waals surface area contributed by atoms with Crippen LogP contribution >= 0.6 is 23.2 Å². The van der Waals surface area contributed by atoms with Crippen LogP contribution in [0.25, 0.3) is 0 Å². The van der Waals surface area contributed by atoms with Crippen molar-refractivity contribution in [2.75, 3.05) is 11.9 Å². The van der Waals surface area contributed by atoms with Gasteiger partial charge in [0.2, 0.25) is 0 Å². The van der Waals surface area contributed by atoms with Crippen molar-refractivity contribution in [3.63, 3.8) is 0 Å². The molecule has 0 bridgehead atoms. The lowest BCUT2D eigenvalue weighted by Crippen LogP contribution is -2.24. The van der Waals surface area contributed by atoms with Crippen molar-refractivity contribution in [2.45, 2.75) is 6.92 Å². The van der Waals surface area contributed by atoms with E-state index in [1.807, 2.05) is 0 Å². The molecule has 0 aliphatic heterocycles. The van der Waals surface area contributed by atoms with Gasteiger partial charge in [-0.25, -0.2) is 9.97 Å². The van der Waals surface area contributed by atoms with Crippen LogP contribution < -0.4 is 10.6 Å². The van der Waals surface area contributed by atoms with Gasteiger partial charge in [-0.3, -0.25) is 4.79 Å². The number of amides is 1. The zero-order valence-electron chi connectivity index (χ0n) is 11.9. The van der Waals surface area contributed by atoms with Gasteiger partial charge in [-0.05, 0) is 19.1 Å². The lowest BCUT2D eigenvalue weighted by atomic mass is 10.3. The number of nitrogens with zero attached hydrogens (tertiary/aromatic N) is 2. The van der Waals surface area contributed by atoms with Crippen LogP contribution in [0.2, 0.25) is 10.0 Å². The van der Waals surface area contributed by atoms with Crippen LogP contribution in [0.15, 0.2) is 36.9 Å². The molecule has 0 radical (unpaired) electrons. The Morgan fingerprint density at radius 1 is 1.32 bits per heavy atom. The maximum Gasteiger partial charge on any atom is 0.270 e. The highest BCUT2D eigenvalue weighted by molar-refractivity contribution is 6.39. The second-order valence-electron chi connectivity index (χ2n) is 4.41. The third-order valence-corrected chi connectivity index (χ3v) is 3.32. The summed E-state index contributed by atoms with van der Waals surface area (Å²) in [5, 5.41) is 6.60. The zero-order chi connectivity index (χ0) is 16.1.